The average Bonchev–Trinajstić information content (AvgIpc) is 2.97. The van der Waals surface area contributed by atoms with Gasteiger partial charge in [-0.05, 0) is 39.7 Å². The topological polar surface area (TPSA) is 64.7 Å². The van der Waals surface area contributed by atoms with E-state index in [1.165, 1.54) is 5.56 Å². The van der Waals surface area contributed by atoms with Crippen molar-refractivity contribution in [3.63, 3.8) is 0 Å². The highest BCUT2D eigenvalue weighted by molar-refractivity contribution is 5.75. The van der Waals surface area contributed by atoms with Crippen molar-refractivity contribution in [1.82, 2.24) is 24.9 Å². The van der Waals surface area contributed by atoms with Crippen molar-refractivity contribution < 1.29 is 4.79 Å². The van der Waals surface area contributed by atoms with E-state index in [1.807, 2.05) is 38.6 Å². The molecule has 120 valence electrons. The minimum absolute atomic E-state index is 0.0306. The lowest BCUT2D eigenvalue weighted by Crippen LogP contribution is -2.28. The fourth-order valence-corrected chi connectivity index (χ4v) is 2.68. The molecule has 0 bridgehead atoms. The molecule has 22 heavy (non-hydrogen) atoms. The van der Waals surface area contributed by atoms with Gasteiger partial charge >= 0.3 is 0 Å². The molecule has 0 fully saturated rings. The van der Waals surface area contributed by atoms with Crippen LogP contribution in [0.4, 0.5) is 0 Å². The fourth-order valence-electron chi connectivity index (χ4n) is 2.68. The average molecular weight is 303 g/mol. The number of hydrogen-bond donors (Lipinski definition) is 1. The SMILES string of the molecule is CCc1c(C)nn(CC(=O)NCc2cn(CC)nc2C)c1C. The molecular formula is C16H25N5O. The summed E-state index contributed by atoms with van der Waals surface area (Å²) in [5.41, 5.74) is 5.32. The van der Waals surface area contributed by atoms with Gasteiger partial charge in [-0.1, -0.05) is 6.92 Å². The maximum absolute atomic E-state index is 12.1. The molecule has 1 amide bonds. The van der Waals surface area contributed by atoms with Gasteiger partial charge < -0.3 is 5.32 Å². The quantitative estimate of drug-likeness (QED) is 0.886. The van der Waals surface area contributed by atoms with E-state index in [4.69, 9.17) is 0 Å². The van der Waals surface area contributed by atoms with Gasteiger partial charge in [0, 0.05) is 30.5 Å². The molecule has 2 rings (SSSR count). The largest absolute Gasteiger partial charge is 0.350 e. The maximum atomic E-state index is 12.1. The van der Waals surface area contributed by atoms with Crippen LogP contribution in [0, 0.1) is 20.8 Å². The lowest BCUT2D eigenvalue weighted by Gasteiger charge is -2.06. The lowest BCUT2D eigenvalue weighted by molar-refractivity contribution is -0.122. The molecule has 1 N–H and O–H groups in total. The van der Waals surface area contributed by atoms with Crippen molar-refractivity contribution >= 4 is 5.91 Å². The molecule has 0 unspecified atom stereocenters. The van der Waals surface area contributed by atoms with Gasteiger partial charge in [0.2, 0.25) is 5.91 Å². The predicted molar refractivity (Wildman–Crippen MR) is 85.6 cm³/mol. The number of carbonyl (C=O) groups excluding carboxylic acids is 1. The molecule has 0 aromatic carbocycles. The number of hydrogen-bond acceptors (Lipinski definition) is 3. The Hall–Kier alpha value is -2.11. The number of rotatable bonds is 6. The normalized spacial score (nSPS) is 11.0. The van der Waals surface area contributed by atoms with Gasteiger partial charge in [0.1, 0.15) is 6.54 Å². The molecule has 0 saturated heterocycles. The molecule has 0 saturated carbocycles. The third-order valence-corrected chi connectivity index (χ3v) is 4.03. The van der Waals surface area contributed by atoms with Gasteiger partial charge in [-0.15, -0.1) is 0 Å². The molecular weight excluding hydrogens is 278 g/mol. The zero-order valence-corrected chi connectivity index (χ0v) is 14.1. The highest BCUT2D eigenvalue weighted by atomic mass is 16.2. The van der Waals surface area contributed by atoms with Gasteiger partial charge in [0.05, 0.1) is 11.4 Å². The second kappa shape index (κ2) is 6.77. The van der Waals surface area contributed by atoms with Crippen molar-refractivity contribution in [2.45, 2.75) is 60.7 Å². The first kappa shape index (κ1) is 16.3. The molecule has 6 nitrogen and oxygen atoms in total. The molecule has 6 heteroatoms. The summed E-state index contributed by atoms with van der Waals surface area (Å²) in [5, 5.41) is 11.8. The van der Waals surface area contributed by atoms with Crippen molar-refractivity contribution in [1.29, 1.82) is 0 Å². The second-order valence-corrected chi connectivity index (χ2v) is 5.53. The summed E-state index contributed by atoms with van der Waals surface area (Å²) in [6.45, 7) is 11.7. The van der Waals surface area contributed by atoms with Crippen LogP contribution in [-0.4, -0.2) is 25.5 Å². The molecule has 0 aliphatic carbocycles. The maximum Gasteiger partial charge on any atom is 0.242 e. The lowest BCUT2D eigenvalue weighted by atomic mass is 10.1. The minimum Gasteiger partial charge on any atom is -0.350 e. The van der Waals surface area contributed by atoms with E-state index < -0.39 is 0 Å². The number of amides is 1. The number of nitrogens with zero attached hydrogens (tertiary/aromatic N) is 4. The molecule has 2 aromatic rings. The van der Waals surface area contributed by atoms with E-state index in [2.05, 4.69) is 22.4 Å². The van der Waals surface area contributed by atoms with Crippen LogP contribution in [0.25, 0.3) is 0 Å². The highest BCUT2D eigenvalue weighted by Crippen LogP contribution is 2.13. The van der Waals surface area contributed by atoms with Crippen molar-refractivity contribution in [3.05, 3.63) is 34.4 Å². The smallest absolute Gasteiger partial charge is 0.242 e. The highest BCUT2D eigenvalue weighted by Gasteiger charge is 2.13. The van der Waals surface area contributed by atoms with Crippen LogP contribution >= 0.6 is 0 Å². The minimum atomic E-state index is -0.0306. The fraction of sp³-hybridized carbons (Fsp3) is 0.562. The van der Waals surface area contributed by atoms with E-state index in [0.717, 1.165) is 35.6 Å². The van der Waals surface area contributed by atoms with E-state index >= 15 is 0 Å². The van der Waals surface area contributed by atoms with Crippen LogP contribution in [-0.2, 0) is 30.8 Å². The van der Waals surface area contributed by atoms with Crippen molar-refractivity contribution in [3.8, 4) is 0 Å². The van der Waals surface area contributed by atoms with Gasteiger partial charge in [0.15, 0.2) is 0 Å². The summed E-state index contributed by atoms with van der Waals surface area (Å²) in [5.74, 6) is -0.0306. The number of aromatic nitrogens is 4. The van der Waals surface area contributed by atoms with Gasteiger partial charge in [-0.2, -0.15) is 10.2 Å². The standard InChI is InChI=1S/C16H25N5O/c1-6-15-12(4)19-21(13(15)5)10-16(22)17-8-14-9-20(7-2)18-11(14)3/h9H,6-8,10H2,1-5H3,(H,17,22). The Morgan fingerprint density at radius 1 is 1.18 bits per heavy atom. The van der Waals surface area contributed by atoms with Crippen LogP contribution in [0.1, 0.15) is 42.1 Å². The molecule has 2 aromatic heterocycles. The Morgan fingerprint density at radius 2 is 1.91 bits per heavy atom. The van der Waals surface area contributed by atoms with Crippen molar-refractivity contribution in [2.75, 3.05) is 0 Å². The number of nitrogens with one attached hydrogen (secondary N) is 1. The Kier molecular flexibility index (Phi) is 5.00. The number of carbonyl (C=O) groups is 1. The molecule has 0 aliphatic heterocycles. The summed E-state index contributed by atoms with van der Waals surface area (Å²) in [7, 11) is 0. The second-order valence-electron chi connectivity index (χ2n) is 5.53. The van der Waals surface area contributed by atoms with E-state index in [1.54, 1.807) is 4.68 Å². The summed E-state index contributed by atoms with van der Waals surface area (Å²) < 4.78 is 3.66. The zero-order chi connectivity index (χ0) is 16.3. The molecule has 2 heterocycles. The molecule has 0 spiro atoms. The number of aryl methyl sites for hydroxylation is 3. The van der Waals surface area contributed by atoms with Crippen LogP contribution in [0.2, 0.25) is 0 Å². The summed E-state index contributed by atoms with van der Waals surface area (Å²) in [4.78, 5) is 12.1. The van der Waals surface area contributed by atoms with E-state index in [-0.39, 0.29) is 12.5 Å². The zero-order valence-electron chi connectivity index (χ0n) is 14.1. The molecule has 0 atom stereocenters. The summed E-state index contributed by atoms with van der Waals surface area (Å²) in [6, 6.07) is 0. The van der Waals surface area contributed by atoms with Gasteiger partial charge in [-0.25, -0.2) is 0 Å². The Bertz CT molecular complexity index is 668. The van der Waals surface area contributed by atoms with Crippen LogP contribution in [0.3, 0.4) is 0 Å². The Balaban J connectivity index is 1.97. The first-order chi connectivity index (χ1) is 10.5. The van der Waals surface area contributed by atoms with Gasteiger partial charge in [0.25, 0.3) is 0 Å². The monoisotopic (exact) mass is 303 g/mol. The molecule has 0 aliphatic rings. The predicted octanol–water partition coefficient (Wildman–Crippen LogP) is 1.90. The third kappa shape index (κ3) is 3.37. The van der Waals surface area contributed by atoms with E-state index in [9.17, 15) is 4.79 Å². The first-order valence-corrected chi connectivity index (χ1v) is 7.78. The van der Waals surface area contributed by atoms with Gasteiger partial charge in [-0.3, -0.25) is 14.2 Å². The Labute approximate surface area is 131 Å². The third-order valence-electron chi connectivity index (χ3n) is 4.03. The first-order valence-electron chi connectivity index (χ1n) is 7.78. The summed E-state index contributed by atoms with van der Waals surface area (Å²) in [6.07, 6.45) is 2.92. The molecule has 0 radical (unpaired) electrons. The van der Waals surface area contributed by atoms with E-state index in [0.29, 0.717) is 6.54 Å². The van der Waals surface area contributed by atoms with Crippen LogP contribution in [0.15, 0.2) is 6.20 Å². The Morgan fingerprint density at radius 3 is 2.45 bits per heavy atom. The van der Waals surface area contributed by atoms with Crippen molar-refractivity contribution in [2.24, 2.45) is 0 Å². The van der Waals surface area contributed by atoms with Crippen LogP contribution in [0.5, 0.6) is 0 Å². The summed E-state index contributed by atoms with van der Waals surface area (Å²) >= 11 is 0. The van der Waals surface area contributed by atoms with Crippen LogP contribution < -0.4 is 5.32 Å².